The monoisotopic (exact) mass is 313 g/mol. The van der Waals surface area contributed by atoms with E-state index in [1.807, 2.05) is 12.1 Å². The average molecular weight is 314 g/mol. The van der Waals surface area contributed by atoms with E-state index in [4.69, 9.17) is 23.2 Å². The second-order valence-corrected chi connectivity index (χ2v) is 5.53. The van der Waals surface area contributed by atoms with Gasteiger partial charge in [0, 0.05) is 13.1 Å². The minimum atomic E-state index is 0.408. The summed E-state index contributed by atoms with van der Waals surface area (Å²) in [5.74, 6) is 1.30. The molecule has 0 atom stereocenters. The lowest BCUT2D eigenvalue weighted by Crippen LogP contribution is -2.28. The molecule has 2 aromatic rings. The second-order valence-electron chi connectivity index (χ2n) is 4.86. The van der Waals surface area contributed by atoms with E-state index < -0.39 is 0 Å². The zero-order valence-corrected chi connectivity index (χ0v) is 13.6. The van der Waals surface area contributed by atoms with Gasteiger partial charge in [0.15, 0.2) is 0 Å². The Morgan fingerprint density at radius 2 is 2.05 bits per heavy atom. The van der Waals surface area contributed by atoms with Crippen molar-refractivity contribution in [2.24, 2.45) is 0 Å². The van der Waals surface area contributed by atoms with Crippen LogP contribution in [0, 0.1) is 0 Å². The minimum Gasteiger partial charge on any atom is -0.326 e. The van der Waals surface area contributed by atoms with E-state index >= 15 is 0 Å². The second kappa shape index (κ2) is 7.30. The quantitative estimate of drug-likeness (QED) is 0.716. The van der Waals surface area contributed by atoms with Gasteiger partial charge in [-0.15, -0.1) is 11.6 Å². The van der Waals surface area contributed by atoms with Crippen molar-refractivity contribution in [3.63, 3.8) is 0 Å². The Kier molecular flexibility index (Phi) is 5.70. The number of nitrogens with zero attached hydrogens (tertiary/aromatic N) is 3. The molecule has 0 saturated carbocycles. The zero-order chi connectivity index (χ0) is 14.5. The van der Waals surface area contributed by atoms with E-state index in [-0.39, 0.29) is 0 Å². The van der Waals surface area contributed by atoms with Gasteiger partial charge in [-0.1, -0.05) is 31.5 Å². The molecule has 110 valence electrons. The first-order valence-electron chi connectivity index (χ1n) is 7.13. The Bertz CT molecular complexity index is 565. The van der Waals surface area contributed by atoms with Gasteiger partial charge in [-0.05, 0) is 31.6 Å². The van der Waals surface area contributed by atoms with Crippen LogP contribution in [0.15, 0.2) is 18.2 Å². The van der Waals surface area contributed by atoms with Gasteiger partial charge in [0.2, 0.25) is 0 Å². The van der Waals surface area contributed by atoms with Crippen molar-refractivity contribution in [2.45, 2.75) is 32.7 Å². The molecule has 1 aromatic heterocycles. The Labute approximate surface area is 130 Å². The smallest absolute Gasteiger partial charge is 0.124 e. The van der Waals surface area contributed by atoms with Crippen molar-refractivity contribution < 1.29 is 0 Å². The molecule has 2 rings (SSSR count). The van der Waals surface area contributed by atoms with Crippen molar-refractivity contribution in [3.8, 4) is 0 Å². The van der Waals surface area contributed by atoms with Crippen LogP contribution in [0.1, 0.15) is 26.1 Å². The van der Waals surface area contributed by atoms with Crippen LogP contribution in [0.25, 0.3) is 11.0 Å². The highest BCUT2D eigenvalue weighted by Crippen LogP contribution is 2.24. The number of hydrogen-bond acceptors (Lipinski definition) is 2. The summed E-state index contributed by atoms with van der Waals surface area (Å²) in [6.07, 6.45) is 1.17. The van der Waals surface area contributed by atoms with Crippen LogP contribution in [0.4, 0.5) is 0 Å². The summed E-state index contributed by atoms with van der Waals surface area (Å²) in [4.78, 5) is 7.00. The van der Waals surface area contributed by atoms with Gasteiger partial charge < -0.3 is 9.47 Å². The number of imidazole rings is 1. The van der Waals surface area contributed by atoms with Gasteiger partial charge in [0.1, 0.15) is 11.3 Å². The van der Waals surface area contributed by atoms with Crippen molar-refractivity contribution in [1.82, 2.24) is 14.5 Å². The topological polar surface area (TPSA) is 21.1 Å². The highest BCUT2D eigenvalue weighted by Gasteiger charge is 2.12. The summed E-state index contributed by atoms with van der Waals surface area (Å²) in [7, 11) is 0. The fourth-order valence-corrected chi connectivity index (χ4v) is 2.91. The molecule has 0 aliphatic heterocycles. The molecule has 0 radical (unpaired) electrons. The average Bonchev–Trinajstić information content (AvgIpc) is 2.83. The maximum absolute atomic E-state index is 6.21. The molecule has 0 aliphatic carbocycles. The normalized spacial score (nSPS) is 11.7. The Morgan fingerprint density at radius 3 is 2.70 bits per heavy atom. The largest absolute Gasteiger partial charge is 0.326 e. The van der Waals surface area contributed by atoms with Crippen molar-refractivity contribution in [1.29, 1.82) is 0 Å². The Morgan fingerprint density at radius 1 is 1.25 bits per heavy atom. The third-order valence-electron chi connectivity index (χ3n) is 3.56. The fourth-order valence-electron chi connectivity index (χ4n) is 2.50. The molecule has 0 amide bonds. The summed E-state index contributed by atoms with van der Waals surface area (Å²) in [5.41, 5.74) is 1.92. The summed E-state index contributed by atoms with van der Waals surface area (Å²) in [5, 5.41) is 0.688. The van der Waals surface area contributed by atoms with Crippen molar-refractivity contribution in [3.05, 3.63) is 29.0 Å². The third-order valence-corrected chi connectivity index (χ3v) is 4.10. The number of halogens is 2. The molecule has 0 aliphatic rings. The predicted molar refractivity (Wildman–Crippen MR) is 86.7 cm³/mol. The molecule has 0 bridgehead atoms. The standard InChI is InChI=1S/C15H21Cl2N3/c1-3-8-19(4-2)9-10-20-13-7-5-6-12(17)15(13)18-14(20)11-16/h5-7H,3-4,8-11H2,1-2H3. The Hall–Kier alpha value is -0.770. The van der Waals surface area contributed by atoms with E-state index in [9.17, 15) is 0 Å². The van der Waals surface area contributed by atoms with E-state index in [1.165, 1.54) is 6.42 Å². The maximum atomic E-state index is 6.21. The molecule has 0 N–H and O–H groups in total. The lowest BCUT2D eigenvalue weighted by molar-refractivity contribution is 0.277. The Balaban J connectivity index is 2.26. The number of para-hydroxylation sites is 1. The maximum Gasteiger partial charge on any atom is 0.124 e. The van der Waals surface area contributed by atoms with Gasteiger partial charge in [-0.3, -0.25) is 0 Å². The SMILES string of the molecule is CCCN(CC)CCn1c(CCl)nc2c(Cl)cccc21. The molecule has 3 nitrogen and oxygen atoms in total. The lowest BCUT2D eigenvalue weighted by Gasteiger charge is -2.20. The molecule has 1 aromatic carbocycles. The highest BCUT2D eigenvalue weighted by molar-refractivity contribution is 6.35. The first-order chi connectivity index (χ1) is 9.71. The molecular weight excluding hydrogens is 293 g/mol. The molecule has 0 saturated heterocycles. The zero-order valence-electron chi connectivity index (χ0n) is 12.1. The number of likely N-dealkylation sites (N-methyl/N-ethyl adjacent to an activating group) is 1. The molecular formula is C15H21Cl2N3. The number of benzene rings is 1. The summed E-state index contributed by atoms with van der Waals surface area (Å²) >= 11 is 12.2. The molecule has 5 heteroatoms. The van der Waals surface area contributed by atoms with Crippen LogP contribution in [-0.2, 0) is 12.4 Å². The fraction of sp³-hybridized carbons (Fsp3) is 0.533. The van der Waals surface area contributed by atoms with Gasteiger partial charge in [0.25, 0.3) is 0 Å². The van der Waals surface area contributed by atoms with Crippen LogP contribution in [-0.4, -0.2) is 34.1 Å². The summed E-state index contributed by atoms with van der Waals surface area (Å²) in [6, 6.07) is 5.89. The number of aromatic nitrogens is 2. The van der Waals surface area contributed by atoms with E-state index in [2.05, 4.69) is 34.4 Å². The molecule has 20 heavy (non-hydrogen) atoms. The number of alkyl halides is 1. The van der Waals surface area contributed by atoms with Crippen molar-refractivity contribution in [2.75, 3.05) is 19.6 Å². The van der Waals surface area contributed by atoms with Crippen LogP contribution in [0.3, 0.4) is 0 Å². The third kappa shape index (κ3) is 3.27. The van der Waals surface area contributed by atoms with Gasteiger partial charge in [-0.2, -0.15) is 0 Å². The predicted octanol–water partition coefficient (Wildman–Crippen LogP) is 4.16. The summed E-state index contributed by atoms with van der Waals surface area (Å²) < 4.78 is 2.19. The van der Waals surface area contributed by atoms with Gasteiger partial charge in [0.05, 0.1) is 16.4 Å². The van der Waals surface area contributed by atoms with E-state index in [1.54, 1.807) is 0 Å². The van der Waals surface area contributed by atoms with Gasteiger partial charge in [-0.25, -0.2) is 4.98 Å². The van der Waals surface area contributed by atoms with Gasteiger partial charge >= 0.3 is 0 Å². The molecule has 1 heterocycles. The summed E-state index contributed by atoms with van der Waals surface area (Å²) in [6.45, 7) is 8.50. The van der Waals surface area contributed by atoms with Crippen molar-refractivity contribution >= 4 is 34.2 Å². The van der Waals surface area contributed by atoms with E-state index in [0.29, 0.717) is 10.9 Å². The molecule has 0 fully saturated rings. The van der Waals surface area contributed by atoms with E-state index in [0.717, 1.165) is 43.0 Å². The van der Waals surface area contributed by atoms with Crippen LogP contribution in [0.5, 0.6) is 0 Å². The van der Waals surface area contributed by atoms with Crippen LogP contribution < -0.4 is 0 Å². The molecule has 0 unspecified atom stereocenters. The first kappa shape index (κ1) is 15.6. The number of hydrogen-bond donors (Lipinski definition) is 0. The molecule has 0 spiro atoms. The number of fused-ring (bicyclic) bond motifs is 1. The van der Waals surface area contributed by atoms with Crippen LogP contribution in [0.2, 0.25) is 5.02 Å². The first-order valence-corrected chi connectivity index (χ1v) is 8.04. The minimum absolute atomic E-state index is 0.408. The number of rotatable bonds is 7. The lowest BCUT2D eigenvalue weighted by atomic mass is 10.3. The highest BCUT2D eigenvalue weighted by atomic mass is 35.5. The van der Waals surface area contributed by atoms with Crippen LogP contribution >= 0.6 is 23.2 Å².